The van der Waals surface area contributed by atoms with E-state index in [0.717, 1.165) is 43.1 Å². The first kappa shape index (κ1) is 14.5. The molecule has 0 aliphatic heterocycles. The second kappa shape index (κ2) is 7.05. The molecule has 0 spiro atoms. The van der Waals surface area contributed by atoms with Crippen LogP contribution in [0.5, 0.6) is 0 Å². The Morgan fingerprint density at radius 2 is 2.16 bits per heavy atom. The Morgan fingerprint density at radius 3 is 2.95 bits per heavy atom. The average Bonchev–Trinajstić information content (AvgIpc) is 2.87. The topological polar surface area (TPSA) is 38.1 Å². The maximum absolute atomic E-state index is 5.83. The number of benzene rings is 1. The highest BCUT2D eigenvalue weighted by Gasteiger charge is 2.10. The fraction of sp³-hybridized carbons (Fsp3) is 0.400. The van der Waals surface area contributed by atoms with Crippen molar-refractivity contribution in [3.05, 3.63) is 39.4 Å². The van der Waals surface area contributed by atoms with Crippen LogP contribution >= 0.6 is 22.6 Å². The first-order chi connectivity index (χ1) is 9.22. The molecule has 2 rings (SSSR count). The minimum absolute atomic E-state index is 0.802. The molecule has 102 valence electrons. The van der Waals surface area contributed by atoms with E-state index in [0.29, 0.717) is 0 Å². The molecule has 2 aromatic rings. The molecule has 0 amide bonds. The number of aryl methyl sites for hydroxylation is 1. The first-order valence-electron chi connectivity index (χ1n) is 6.63. The Labute approximate surface area is 128 Å². The molecule has 19 heavy (non-hydrogen) atoms. The lowest BCUT2D eigenvalue weighted by Gasteiger charge is -2.03. The summed E-state index contributed by atoms with van der Waals surface area (Å²) in [5.74, 6) is 1.66. The summed E-state index contributed by atoms with van der Waals surface area (Å²) < 4.78 is 7.06. The molecule has 1 N–H and O–H groups in total. The van der Waals surface area contributed by atoms with Gasteiger partial charge in [-0.15, -0.1) is 0 Å². The van der Waals surface area contributed by atoms with E-state index in [1.807, 2.05) is 6.20 Å². The third-order valence-electron chi connectivity index (χ3n) is 2.95. The summed E-state index contributed by atoms with van der Waals surface area (Å²) in [5.41, 5.74) is 2.39. The largest absolute Gasteiger partial charge is 0.441 e. The van der Waals surface area contributed by atoms with E-state index < -0.39 is 0 Å². The normalized spacial score (nSPS) is 10.9. The van der Waals surface area contributed by atoms with Gasteiger partial charge in [0, 0.05) is 22.1 Å². The zero-order chi connectivity index (χ0) is 13.7. The highest BCUT2D eigenvalue weighted by molar-refractivity contribution is 14.1. The first-order valence-corrected chi connectivity index (χ1v) is 7.71. The van der Waals surface area contributed by atoms with Crippen molar-refractivity contribution in [1.82, 2.24) is 10.3 Å². The van der Waals surface area contributed by atoms with Gasteiger partial charge in [0.15, 0.2) is 11.7 Å². The van der Waals surface area contributed by atoms with Gasteiger partial charge in [-0.1, -0.05) is 25.1 Å². The van der Waals surface area contributed by atoms with Gasteiger partial charge < -0.3 is 9.73 Å². The van der Waals surface area contributed by atoms with Gasteiger partial charge in [0.25, 0.3) is 0 Å². The number of rotatable bonds is 6. The lowest BCUT2D eigenvalue weighted by Crippen LogP contribution is -2.17. The van der Waals surface area contributed by atoms with Crippen LogP contribution in [-0.2, 0) is 6.42 Å². The Hall–Kier alpha value is -0.880. The zero-order valence-corrected chi connectivity index (χ0v) is 13.5. The van der Waals surface area contributed by atoms with Crippen molar-refractivity contribution < 1.29 is 4.42 Å². The molecule has 0 radical (unpaired) electrons. The fourth-order valence-corrected chi connectivity index (χ4v) is 2.51. The summed E-state index contributed by atoms with van der Waals surface area (Å²) in [6, 6.07) is 6.24. The van der Waals surface area contributed by atoms with Crippen LogP contribution < -0.4 is 5.32 Å². The van der Waals surface area contributed by atoms with Crippen LogP contribution in [-0.4, -0.2) is 18.1 Å². The highest BCUT2D eigenvalue weighted by Crippen LogP contribution is 2.27. The summed E-state index contributed by atoms with van der Waals surface area (Å²) in [7, 11) is 0. The molecule has 3 nitrogen and oxygen atoms in total. The highest BCUT2D eigenvalue weighted by atomic mass is 127. The van der Waals surface area contributed by atoms with Crippen LogP contribution in [0.25, 0.3) is 11.3 Å². The average molecular weight is 370 g/mol. The van der Waals surface area contributed by atoms with E-state index in [1.54, 1.807) is 0 Å². The molecule has 1 heterocycles. The van der Waals surface area contributed by atoms with Crippen LogP contribution in [0.1, 0.15) is 24.8 Å². The summed E-state index contributed by atoms with van der Waals surface area (Å²) in [5, 5.41) is 3.35. The van der Waals surface area contributed by atoms with E-state index in [2.05, 4.69) is 64.9 Å². The van der Waals surface area contributed by atoms with Gasteiger partial charge in [0.2, 0.25) is 0 Å². The molecule has 0 saturated carbocycles. The Balaban J connectivity index is 2.06. The van der Waals surface area contributed by atoms with Gasteiger partial charge in [-0.25, -0.2) is 4.98 Å². The van der Waals surface area contributed by atoms with Crippen molar-refractivity contribution in [3.8, 4) is 11.3 Å². The molecule has 0 saturated heterocycles. The second-order valence-electron chi connectivity index (χ2n) is 4.55. The molecule has 0 aliphatic carbocycles. The molecule has 0 fully saturated rings. The monoisotopic (exact) mass is 370 g/mol. The van der Waals surface area contributed by atoms with Crippen LogP contribution in [0.15, 0.2) is 28.8 Å². The number of nitrogens with one attached hydrogen (secondary N) is 1. The lowest BCUT2D eigenvalue weighted by molar-refractivity contribution is 0.494. The quantitative estimate of drug-likeness (QED) is 0.621. The maximum Gasteiger partial charge on any atom is 0.196 e. The molecule has 1 aromatic heterocycles. The van der Waals surface area contributed by atoms with Crippen molar-refractivity contribution in [2.75, 3.05) is 13.1 Å². The van der Waals surface area contributed by atoms with Gasteiger partial charge in [0.05, 0.1) is 6.20 Å². The number of hydrogen-bond acceptors (Lipinski definition) is 3. The van der Waals surface area contributed by atoms with Crippen molar-refractivity contribution in [2.24, 2.45) is 0 Å². The van der Waals surface area contributed by atoms with Gasteiger partial charge in [-0.05, 0) is 48.0 Å². The molecular formula is C15H19IN2O. The van der Waals surface area contributed by atoms with Crippen LogP contribution in [0.2, 0.25) is 0 Å². The van der Waals surface area contributed by atoms with Crippen molar-refractivity contribution >= 4 is 22.6 Å². The standard InChI is InChI=1S/C15H19IN2O/c1-3-8-17-9-7-14-18-10-13(19-14)12-6-4-5-11(2)15(12)16/h4-6,10,17H,3,7-9H2,1-2H3. The minimum atomic E-state index is 0.802. The molecule has 0 unspecified atom stereocenters. The van der Waals surface area contributed by atoms with E-state index >= 15 is 0 Å². The molecular weight excluding hydrogens is 351 g/mol. The molecule has 0 aliphatic rings. The third kappa shape index (κ3) is 3.79. The third-order valence-corrected chi connectivity index (χ3v) is 4.39. The Morgan fingerprint density at radius 1 is 1.32 bits per heavy atom. The number of aromatic nitrogens is 1. The maximum atomic E-state index is 5.83. The van der Waals surface area contributed by atoms with Crippen molar-refractivity contribution in [1.29, 1.82) is 0 Å². The summed E-state index contributed by atoms with van der Waals surface area (Å²) in [6.45, 7) is 6.23. The van der Waals surface area contributed by atoms with Gasteiger partial charge in [-0.2, -0.15) is 0 Å². The van der Waals surface area contributed by atoms with Crippen molar-refractivity contribution in [3.63, 3.8) is 0 Å². The van der Waals surface area contributed by atoms with Gasteiger partial charge >= 0.3 is 0 Å². The van der Waals surface area contributed by atoms with E-state index in [-0.39, 0.29) is 0 Å². The predicted molar refractivity (Wildman–Crippen MR) is 86.3 cm³/mol. The predicted octanol–water partition coefficient (Wildman–Crippen LogP) is 3.80. The van der Waals surface area contributed by atoms with Crippen molar-refractivity contribution in [2.45, 2.75) is 26.7 Å². The van der Waals surface area contributed by atoms with E-state index in [9.17, 15) is 0 Å². The fourth-order valence-electron chi connectivity index (χ4n) is 1.89. The summed E-state index contributed by atoms with van der Waals surface area (Å²) >= 11 is 2.36. The summed E-state index contributed by atoms with van der Waals surface area (Å²) in [6.07, 6.45) is 3.81. The minimum Gasteiger partial charge on any atom is -0.441 e. The van der Waals surface area contributed by atoms with E-state index in [1.165, 1.54) is 9.13 Å². The second-order valence-corrected chi connectivity index (χ2v) is 5.63. The number of oxazole rings is 1. The smallest absolute Gasteiger partial charge is 0.196 e. The van der Waals surface area contributed by atoms with Crippen LogP contribution in [0.4, 0.5) is 0 Å². The molecule has 4 heteroatoms. The Bertz CT molecular complexity index is 537. The van der Waals surface area contributed by atoms with Crippen LogP contribution in [0.3, 0.4) is 0 Å². The molecule has 1 aromatic carbocycles. The SMILES string of the molecule is CCCNCCc1ncc(-c2cccc(C)c2I)o1. The number of nitrogens with zero attached hydrogens (tertiary/aromatic N) is 1. The zero-order valence-electron chi connectivity index (χ0n) is 11.4. The Kier molecular flexibility index (Phi) is 5.39. The molecule has 0 bridgehead atoms. The van der Waals surface area contributed by atoms with Gasteiger partial charge in [0.1, 0.15) is 0 Å². The molecule has 0 atom stereocenters. The van der Waals surface area contributed by atoms with Crippen LogP contribution in [0, 0.1) is 10.5 Å². The number of hydrogen-bond donors (Lipinski definition) is 1. The van der Waals surface area contributed by atoms with E-state index in [4.69, 9.17) is 4.42 Å². The number of halogens is 1. The van der Waals surface area contributed by atoms with Gasteiger partial charge in [-0.3, -0.25) is 0 Å². The lowest BCUT2D eigenvalue weighted by atomic mass is 10.1. The summed E-state index contributed by atoms with van der Waals surface area (Å²) in [4.78, 5) is 4.35.